The van der Waals surface area contributed by atoms with Gasteiger partial charge in [0.1, 0.15) is 5.82 Å². The monoisotopic (exact) mass is 222 g/mol. The third-order valence-electron chi connectivity index (χ3n) is 1.94. The molecular weight excluding hydrogens is 204 g/mol. The zero-order valence-electron chi connectivity index (χ0n) is 9.95. The van der Waals surface area contributed by atoms with E-state index in [0.717, 1.165) is 5.69 Å². The highest BCUT2D eigenvalue weighted by atomic mass is 16.1. The predicted molar refractivity (Wildman–Crippen MR) is 63.1 cm³/mol. The smallest absolute Gasteiger partial charge is 0.239 e. The van der Waals surface area contributed by atoms with Crippen LogP contribution in [0.15, 0.2) is 12.1 Å². The van der Waals surface area contributed by atoms with Gasteiger partial charge in [-0.05, 0) is 25.0 Å². The molecule has 0 spiro atoms. The lowest BCUT2D eigenvalue weighted by Gasteiger charge is -2.08. The average Bonchev–Trinajstić information content (AvgIpc) is 2.25. The molecule has 5 nitrogen and oxygen atoms in total. The molecule has 5 heteroatoms. The molecule has 0 saturated carbocycles. The van der Waals surface area contributed by atoms with Crippen LogP contribution in [0.2, 0.25) is 0 Å². The standard InChI is InChI=1S/C11H18N4O/c1-8(2)6-13-11(16)7-12-10-5-4-9(3)14-15-10/h4-5,8H,6-7H2,1-3H3,(H,12,15)(H,13,16). The van der Waals surface area contributed by atoms with Crippen LogP contribution in [0.3, 0.4) is 0 Å². The molecule has 16 heavy (non-hydrogen) atoms. The SMILES string of the molecule is Cc1ccc(NCC(=O)NCC(C)C)nn1. The van der Waals surface area contributed by atoms with E-state index >= 15 is 0 Å². The number of nitrogens with zero attached hydrogens (tertiary/aromatic N) is 2. The Hall–Kier alpha value is -1.65. The van der Waals surface area contributed by atoms with Crippen LogP contribution in [-0.2, 0) is 4.79 Å². The molecule has 1 amide bonds. The lowest BCUT2D eigenvalue weighted by Crippen LogP contribution is -2.32. The molecule has 0 aliphatic carbocycles. The number of rotatable bonds is 5. The van der Waals surface area contributed by atoms with Crippen molar-refractivity contribution in [2.24, 2.45) is 5.92 Å². The number of nitrogens with one attached hydrogen (secondary N) is 2. The maximum absolute atomic E-state index is 11.4. The zero-order chi connectivity index (χ0) is 12.0. The van der Waals surface area contributed by atoms with Gasteiger partial charge < -0.3 is 10.6 Å². The molecule has 0 aliphatic heterocycles. The van der Waals surface area contributed by atoms with Crippen molar-refractivity contribution in [2.75, 3.05) is 18.4 Å². The van der Waals surface area contributed by atoms with Gasteiger partial charge in [0.25, 0.3) is 0 Å². The lowest BCUT2D eigenvalue weighted by atomic mass is 10.2. The van der Waals surface area contributed by atoms with Gasteiger partial charge in [0, 0.05) is 6.54 Å². The van der Waals surface area contributed by atoms with Crippen LogP contribution in [0, 0.1) is 12.8 Å². The normalized spacial score (nSPS) is 10.2. The van der Waals surface area contributed by atoms with Crippen LogP contribution >= 0.6 is 0 Å². The van der Waals surface area contributed by atoms with E-state index < -0.39 is 0 Å². The Morgan fingerprint density at radius 2 is 2.12 bits per heavy atom. The minimum Gasteiger partial charge on any atom is -0.360 e. The highest BCUT2D eigenvalue weighted by molar-refractivity contribution is 5.80. The first kappa shape index (κ1) is 12.4. The second-order valence-corrected chi connectivity index (χ2v) is 4.11. The Balaban J connectivity index is 2.29. The summed E-state index contributed by atoms with van der Waals surface area (Å²) in [5, 5.41) is 13.5. The van der Waals surface area contributed by atoms with E-state index in [2.05, 4.69) is 34.7 Å². The summed E-state index contributed by atoms with van der Waals surface area (Å²) in [6.07, 6.45) is 0. The van der Waals surface area contributed by atoms with Crippen LogP contribution in [0.4, 0.5) is 5.82 Å². The molecule has 0 bridgehead atoms. The van der Waals surface area contributed by atoms with E-state index in [0.29, 0.717) is 18.3 Å². The molecule has 88 valence electrons. The predicted octanol–water partition coefficient (Wildman–Crippen LogP) is 0.969. The molecular formula is C11H18N4O. The maximum Gasteiger partial charge on any atom is 0.239 e. The van der Waals surface area contributed by atoms with Gasteiger partial charge in [-0.2, -0.15) is 5.10 Å². The summed E-state index contributed by atoms with van der Waals surface area (Å²) < 4.78 is 0. The molecule has 1 aromatic heterocycles. The van der Waals surface area contributed by atoms with Crippen molar-refractivity contribution < 1.29 is 4.79 Å². The lowest BCUT2D eigenvalue weighted by molar-refractivity contribution is -0.119. The maximum atomic E-state index is 11.4. The van der Waals surface area contributed by atoms with E-state index in [1.165, 1.54) is 0 Å². The summed E-state index contributed by atoms with van der Waals surface area (Å²) in [4.78, 5) is 11.4. The Labute approximate surface area is 95.7 Å². The number of amides is 1. The first-order valence-electron chi connectivity index (χ1n) is 5.39. The van der Waals surface area contributed by atoms with Crippen LogP contribution < -0.4 is 10.6 Å². The number of aryl methyl sites for hydroxylation is 1. The van der Waals surface area contributed by atoms with Crippen LogP contribution in [0.25, 0.3) is 0 Å². The Bertz CT molecular complexity index is 334. The fraction of sp³-hybridized carbons (Fsp3) is 0.545. The Morgan fingerprint density at radius 3 is 2.69 bits per heavy atom. The van der Waals surface area contributed by atoms with E-state index in [9.17, 15) is 4.79 Å². The van der Waals surface area contributed by atoms with Gasteiger partial charge in [0.05, 0.1) is 12.2 Å². The van der Waals surface area contributed by atoms with E-state index in [1.54, 1.807) is 6.07 Å². The third-order valence-corrected chi connectivity index (χ3v) is 1.94. The molecule has 0 fully saturated rings. The van der Waals surface area contributed by atoms with Gasteiger partial charge in [-0.15, -0.1) is 5.10 Å². The summed E-state index contributed by atoms with van der Waals surface area (Å²) in [5.74, 6) is 1.05. The second-order valence-electron chi connectivity index (χ2n) is 4.11. The molecule has 0 unspecified atom stereocenters. The van der Waals surface area contributed by atoms with Crippen molar-refractivity contribution in [1.82, 2.24) is 15.5 Å². The number of carbonyl (C=O) groups is 1. The summed E-state index contributed by atoms with van der Waals surface area (Å²) in [5.41, 5.74) is 0.856. The molecule has 0 aromatic carbocycles. The average molecular weight is 222 g/mol. The molecule has 0 saturated heterocycles. The first-order valence-corrected chi connectivity index (χ1v) is 5.39. The van der Waals surface area contributed by atoms with Gasteiger partial charge in [-0.25, -0.2) is 0 Å². The van der Waals surface area contributed by atoms with E-state index in [1.807, 2.05) is 13.0 Å². The topological polar surface area (TPSA) is 66.9 Å². The highest BCUT2D eigenvalue weighted by Crippen LogP contribution is 1.99. The second kappa shape index (κ2) is 6.05. The van der Waals surface area contributed by atoms with Crippen molar-refractivity contribution in [3.63, 3.8) is 0 Å². The minimum absolute atomic E-state index is 0.0314. The van der Waals surface area contributed by atoms with Crippen molar-refractivity contribution in [2.45, 2.75) is 20.8 Å². The molecule has 0 atom stereocenters. The van der Waals surface area contributed by atoms with Gasteiger partial charge >= 0.3 is 0 Å². The summed E-state index contributed by atoms with van der Waals surface area (Å²) in [6, 6.07) is 3.65. The Kier molecular flexibility index (Phi) is 4.69. The quantitative estimate of drug-likeness (QED) is 0.779. The van der Waals surface area contributed by atoms with Gasteiger partial charge in [-0.1, -0.05) is 13.8 Å². The molecule has 1 aromatic rings. The van der Waals surface area contributed by atoms with Gasteiger partial charge in [-0.3, -0.25) is 4.79 Å². The molecule has 0 radical (unpaired) electrons. The number of anilines is 1. The van der Waals surface area contributed by atoms with Gasteiger partial charge in [0.2, 0.25) is 5.91 Å². The van der Waals surface area contributed by atoms with Crippen LogP contribution in [0.5, 0.6) is 0 Å². The molecule has 0 aliphatic rings. The van der Waals surface area contributed by atoms with Crippen LogP contribution in [0.1, 0.15) is 19.5 Å². The van der Waals surface area contributed by atoms with Crippen LogP contribution in [-0.4, -0.2) is 29.2 Å². The number of carbonyl (C=O) groups excluding carboxylic acids is 1. The minimum atomic E-state index is -0.0314. The van der Waals surface area contributed by atoms with Crippen molar-refractivity contribution in [1.29, 1.82) is 0 Å². The van der Waals surface area contributed by atoms with E-state index in [4.69, 9.17) is 0 Å². The zero-order valence-corrected chi connectivity index (χ0v) is 9.95. The molecule has 1 heterocycles. The fourth-order valence-electron chi connectivity index (χ4n) is 1.04. The number of hydrogen-bond acceptors (Lipinski definition) is 4. The largest absolute Gasteiger partial charge is 0.360 e. The van der Waals surface area contributed by atoms with E-state index in [-0.39, 0.29) is 12.5 Å². The number of aromatic nitrogens is 2. The summed E-state index contributed by atoms with van der Waals surface area (Å²) in [6.45, 7) is 6.90. The van der Waals surface area contributed by atoms with Crippen molar-refractivity contribution in [3.8, 4) is 0 Å². The van der Waals surface area contributed by atoms with Gasteiger partial charge in [0.15, 0.2) is 0 Å². The summed E-state index contributed by atoms with van der Waals surface area (Å²) >= 11 is 0. The summed E-state index contributed by atoms with van der Waals surface area (Å²) in [7, 11) is 0. The highest BCUT2D eigenvalue weighted by Gasteiger charge is 2.02. The fourth-order valence-corrected chi connectivity index (χ4v) is 1.04. The van der Waals surface area contributed by atoms with Crippen molar-refractivity contribution >= 4 is 11.7 Å². The first-order chi connectivity index (χ1) is 7.58. The third kappa shape index (κ3) is 4.72. The van der Waals surface area contributed by atoms with Crippen molar-refractivity contribution in [3.05, 3.63) is 17.8 Å². The number of hydrogen-bond donors (Lipinski definition) is 2. The molecule has 2 N–H and O–H groups in total. The molecule has 1 rings (SSSR count). The Morgan fingerprint density at radius 1 is 1.38 bits per heavy atom.